The lowest BCUT2D eigenvalue weighted by Gasteiger charge is -2.08. The summed E-state index contributed by atoms with van der Waals surface area (Å²) in [6, 6.07) is 21.8. The molecular weight excluding hydrogens is 290 g/mol. The van der Waals surface area contributed by atoms with E-state index in [1.807, 2.05) is 42.5 Å². The summed E-state index contributed by atoms with van der Waals surface area (Å²) in [5.74, 6) is -0.440. The number of nitrogens with one attached hydrogen (secondary N) is 2. The average molecular weight is 305 g/mol. The van der Waals surface area contributed by atoms with Gasteiger partial charge in [0.05, 0.1) is 0 Å². The molecule has 23 heavy (non-hydrogen) atoms. The van der Waals surface area contributed by atoms with E-state index in [0.717, 1.165) is 11.4 Å². The number of amides is 1. The smallest absolute Gasteiger partial charge is 0.321 e. The monoisotopic (exact) mass is 305 g/mol. The Morgan fingerprint density at radius 1 is 0.783 bits per heavy atom. The number of nitrogens with zero attached hydrogens (tertiary/aromatic N) is 1. The molecule has 3 aromatic rings. The maximum absolute atomic E-state index is 12.1. The standard InChI is InChI=1S/C18H15N3O2/c22-18(17-8-4-5-13-21(17)23)20-16-11-9-15(10-12-16)19-14-6-2-1-3-7-14/h1-13,19H,(H,20,22). The van der Waals surface area contributed by atoms with E-state index in [-0.39, 0.29) is 5.69 Å². The molecule has 0 aliphatic heterocycles. The van der Waals surface area contributed by atoms with Crippen molar-refractivity contribution in [2.75, 3.05) is 10.6 Å². The van der Waals surface area contributed by atoms with Crippen molar-refractivity contribution in [3.63, 3.8) is 0 Å². The third-order valence-corrected chi connectivity index (χ3v) is 3.26. The molecule has 0 spiro atoms. The highest BCUT2D eigenvalue weighted by Gasteiger charge is 2.14. The first kappa shape index (κ1) is 14.6. The van der Waals surface area contributed by atoms with Crippen molar-refractivity contribution in [2.45, 2.75) is 0 Å². The first-order valence-corrected chi connectivity index (χ1v) is 7.14. The Balaban J connectivity index is 1.68. The summed E-state index contributed by atoms with van der Waals surface area (Å²) in [6.07, 6.45) is 1.29. The van der Waals surface area contributed by atoms with Gasteiger partial charge in [0.25, 0.3) is 5.69 Å². The van der Waals surface area contributed by atoms with Crippen molar-refractivity contribution in [1.29, 1.82) is 0 Å². The highest BCUT2D eigenvalue weighted by atomic mass is 16.5. The first-order valence-electron chi connectivity index (χ1n) is 7.14. The maximum Gasteiger partial charge on any atom is 0.321 e. The lowest BCUT2D eigenvalue weighted by Crippen LogP contribution is -2.36. The molecule has 114 valence electrons. The summed E-state index contributed by atoms with van der Waals surface area (Å²) in [5, 5.41) is 17.5. The Bertz CT molecular complexity index is 802. The van der Waals surface area contributed by atoms with E-state index < -0.39 is 5.91 Å². The molecule has 5 heteroatoms. The third kappa shape index (κ3) is 3.65. The number of hydrogen-bond donors (Lipinski definition) is 2. The van der Waals surface area contributed by atoms with Crippen LogP contribution in [-0.4, -0.2) is 5.91 Å². The van der Waals surface area contributed by atoms with Gasteiger partial charge in [0, 0.05) is 29.2 Å². The average Bonchev–Trinajstić information content (AvgIpc) is 2.58. The summed E-state index contributed by atoms with van der Waals surface area (Å²) in [4.78, 5) is 12.1. The zero-order chi connectivity index (χ0) is 16.1. The van der Waals surface area contributed by atoms with Crippen LogP contribution in [0.25, 0.3) is 0 Å². The molecule has 0 bridgehead atoms. The van der Waals surface area contributed by atoms with E-state index >= 15 is 0 Å². The molecule has 3 rings (SSSR count). The van der Waals surface area contributed by atoms with Crippen molar-refractivity contribution in [1.82, 2.24) is 0 Å². The Morgan fingerprint density at radius 3 is 2.09 bits per heavy atom. The van der Waals surface area contributed by atoms with Crippen LogP contribution < -0.4 is 15.4 Å². The largest absolute Gasteiger partial charge is 0.618 e. The van der Waals surface area contributed by atoms with Crippen LogP contribution in [0.5, 0.6) is 0 Å². The van der Waals surface area contributed by atoms with E-state index in [0.29, 0.717) is 10.4 Å². The molecule has 2 aromatic carbocycles. The molecule has 1 amide bonds. The van der Waals surface area contributed by atoms with E-state index in [1.165, 1.54) is 12.3 Å². The number of benzene rings is 2. The molecule has 5 nitrogen and oxygen atoms in total. The van der Waals surface area contributed by atoms with Crippen molar-refractivity contribution >= 4 is 23.0 Å². The van der Waals surface area contributed by atoms with Crippen LogP contribution in [0.4, 0.5) is 17.1 Å². The lowest BCUT2D eigenvalue weighted by molar-refractivity contribution is -0.607. The van der Waals surface area contributed by atoms with Crippen LogP contribution in [0.2, 0.25) is 0 Å². The molecule has 0 saturated carbocycles. The predicted octanol–water partition coefficient (Wildman–Crippen LogP) is 3.32. The molecule has 0 fully saturated rings. The van der Waals surface area contributed by atoms with Crippen LogP contribution in [0.1, 0.15) is 10.5 Å². The molecule has 0 saturated heterocycles. The van der Waals surface area contributed by atoms with Crippen molar-refractivity contribution in [3.8, 4) is 0 Å². The summed E-state index contributed by atoms with van der Waals surface area (Å²) >= 11 is 0. The Labute approximate surface area is 133 Å². The summed E-state index contributed by atoms with van der Waals surface area (Å²) in [7, 11) is 0. The van der Waals surface area contributed by atoms with Crippen molar-refractivity contribution < 1.29 is 9.52 Å². The normalized spacial score (nSPS) is 10.1. The number of aromatic nitrogens is 1. The van der Waals surface area contributed by atoms with Gasteiger partial charge in [0.2, 0.25) is 0 Å². The molecule has 0 unspecified atom stereocenters. The van der Waals surface area contributed by atoms with Gasteiger partial charge >= 0.3 is 5.91 Å². The molecular formula is C18H15N3O2. The second kappa shape index (κ2) is 6.62. The fraction of sp³-hybridized carbons (Fsp3) is 0. The number of anilines is 3. The maximum atomic E-state index is 12.1. The zero-order valence-electron chi connectivity index (χ0n) is 12.3. The van der Waals surface area contributed by atoms with Crippen LogP contribution in [0.3, 0.4) is 0 Å². The molecule has 0 aliphatic rings. The fourth-order valence-electron chi connectivity index (χ4n) is 2.12. The van der Waals surface area contributed by atoms with Crippen LogP contribution in [0.15, 0.2) is 79.0 Å². The minimum absolute atomic E-state index is 0.0546. The SMILES string of the molecule is O=C(Nc1ccc(Nc2ccccc2)cc1)c1cccc[n+]1[O-]. The number of rotatable bonds is 4. The predicted molar refractivity (Wildman–Crippen MR) is 89.5 cm³/mol. The minimum atomic E-state index is -0.440. The minimum Gasteiger partial charge on any atom is -0.618 e. The van der Waals surface area contributed by atoms with Crippen molar-refractivity contribution in [3.05, 3.63) is 89.9 Å². The first-order chi connectivity index (χ1) is 11.2. The van der Waals surface area contributed by atoms with E-state index in [9.17, 15) is 10.0 Å². The number of para-hydroxylation sites is 1. The van der Waals surface area contributed by atoms with Gasteiger partial charge in [-0.2, -0.15) is 4.73 Å². The lowest BCUT2D eigenvalue weighted by atomic mass is 10.2. The molecule has 1 aromatic heterocycles. The molecule has 2 N–H and O–H groups in total. The van der Waals surface area contributed by atoms with E-state index in [1.54, 1.807) is 24.3 Å². The van der Waals surface area contributed by atoms with Crippen LogP contribution in [0, 0.1) is 5.21 Å². The molecule has 0 atom stereocenters. The topological polar surface area (TPSA) is 68.1 Å². The second-order valence-electron chi connectivity index (χ2n) is 4.93. The molecule has 0 aliphatic carbocycles. The number of pyridine rings is 1. The number of hydrogen-bond acceptors (Lipinski definition) is 3. The Morgan fingerprint density at radius 2 is 1.39 bits per heavy atom. The van der Waals surface area contributed by atoms with Crippen LogP contribution >= 0.6 is 0 Å². The summed E-state index contributed by atoms with van der Waals surface area (Å²) in [6.45, 7) is 0. The fourth-order valence-corrected chi connectivity index (χ4v) is 2.12. The van der Waals surface area contributed by atoms with Gasteiger partial charge in [-0.15, -0.1) is 0 Å². The van der Waals surface area contributed by atoms with Gasteiger partial charge < -0.3 is 15.8 Å². The Kier molecular flexibility index (Phi) is 4.20. The zero-order valence-corrected chi connectivity index (χ0v) is 12.3. The highest BCUT2D eigenvalue weighted by Crippen LogP contribution is 2.18. The number of carbonyl (C=O) groups is 1. The Hall–Kier alpha value is -3.34. The highest BCUT2D eigenvalue weighted by molar-refractivity contribution is 6.01. The van der Waals surface area contributed by atoms with Gasteiger partial charge in [-0.3, -0.25) is 4.79 Å². The van der Waals surface area contributed by atoms with Gasteiger partial charge in [-0.1, -0.05) is 18.2 Å². The van der Waals surface area contributed by atoms with E-state index in [2.05, 4.69) is 10.6 Å². The van der Waals surface area contributed by atoms with Crippen molar-refractivity contribution in [2.24, 2.45) is 0 Å². The third-order valence-electron chi connectivity index (χ3n) is 3.26. The van der Waals surface area contributed by atoms with Gasteiger partial charge in [0.15, 0.2) is 6.20 Å². The van der Waals surface area contributed by atoms with E-state index in [4.69, 9.17) is 0 Å². The summed E-state index contributed by atoms with van der Waals surface area (Å²) < 4.78 is 0.542. The van der Waals surface area contributed by atoms with Gasteiger partial charge in [-0.05, 0) is 42.5 Å². The second-order valence-corrected chi connectivity index (χ2v) is 4.93. The van der Waals surface area contributed by atoms with Crippen LogP contribution in [-0.2, 0) is 0 Å². The summed E-state index contributed by atoms with van der Waals surface area (Å²) in [5.41, 5.74) is 2.57. The number of carbonyl (C=O) groups excluding carboxylic acids is 1. The van der Waals surface area contributed by atoms with Gasteiger partial charge in [-0.25, -0.2) is 0 Å². The quantitative estimate of drug-likeness (QED) is 0.574. The van der Waals surface area contributed by atoms with Gasteiger partial charge in [0.1, 0.15) is 0 Å². The molecule has 0 radical (unpaired) electrons. The molecule has 1 heterocycles.